The third-order valence-corrected chi connectivity index (χ3v) is 16.1. The first-order chi connectivity index (χ1) is 36.2. The lowest BCUT2D eigenvalue weighted by Gasteiger charge is -2.29. The topological polar surface area (TPSA) is 8.17 Å². The van der Waals surface area contributed by atoms with E-state index < -0.39 is 0 Å². The molecule has 0 spiro atoms. The molecular formula is C74H70N2. The van der Waals surface area contributed by atoms with E-state index in [0.29, 0.717) is 0 Å². The number of para-hydroxylation sites is 2. The summed E-state index contributed by atoms with van der Waals surface area (Å²) in [6.07, 6.45) is 0. The molecule has 0 aliphatic carbocycles. The summed E-state index contributed by atoms with van der Waals surface area (Å²) in [7, 11) is 0. The third-order valence-electron chi connectivity index (χ3n) is 16.1. The average molecular weight is 987 g/mol. The number of benzene rings is 11. The SMILES string of the molecule is CC(C)(C)c1ccc(-c2cc(-c3ccc(C(C)(C)C)cc3)cc(N(c3ccc(-c4cc(C(C)(C)C)cc(C(C)(C)C)c4)cc3)c3ccc4ccc5c(-n6c7ccccc7c7ccccc76)ccc6ccc3c4c65)c2)cc1. The van der Waals surface area contributed by atoms with Gasteiger partial charge in [0.05, 0.1) is 22.4 Å². The maximum absolute atomic E-state index is 2.52. The molecule has 0 N–H and O–H groups in total. The van der Waals surface area contributed by atoms with E-state index in [9.17, 15) is 0 Å². The van der Waals surface area contributed by atoms with Crippen molar-refractivity contribution < 1.29 is 0 Å². The van der Waals surface area contributed by atoms with Crippen molar-refractivity contribution in [3.63, 3.8) is 0 Å². The molecule has 2 heteroatoms. The van der Waals surface area contributed by atoms with Gasteiger partial charge in [-0.3, -0.25) is 0 Å². The zero-order valence-corrected chi connectivity index (χ0v) is 46.5. The molecule has 0 atom stereocenters. The molecule has 0 amide bonds. The first-order valence-electron chi connectivity index (χ1n) is 27.3. The zero-order valence-electron chi connectivity index (χ0n) is 46.5. The Morgan fingerprint density at radius 2 is 0.697 bits per heavy atom. The molecule has 0 saturated heterocycles. The maximum atomic E-state index is 2.52. The molecule has 0 radical (unpaired) electrons. The highest BCUT2D eigenvalue weighted by molar-refractivity contribution is 6.27. The second-order valence-corrected chi connectivity index (χ2v) is 25.6. The number of rotatable bonds is 7. The minimum Gasteiger partial charge on any atom is -0.310 e. The van der Waals surface area contributed by atoms with E-state index in [4.69, 9.17) is 0 Å². The van der Waals surface area contributed by atoms with Crippen LogP contribution in [0.3, 0.4) is 0 Å². The van der Waals surface area contributed by atoms with Gasteiger partial charge in [-0.1, -0.05) is 235 Å². The monoisotopic (exact) mass is 987 g/mol. The Kier molecular flexibility index (Phi) is 11.5. The van der Waals surface area contributed by atoms with Crippen LogP contribution in [0.1, 0.15) is 105 Å². The Labute approximate surface area is 450 Å². The molecule has 0 saturated carbocycles. The van der Waals surface area contributed by atoms with Crippen LogP contribution < -0.4 is 4.90 Å². The fourth-order valence-corrected chi connectivity index (χ4v) is 11.6. The molecule has 11 aromatic carbocycles. The van der Waals surface area contributed by atoms with E-state index in [-0.39, 0.29) is 21.7 Å². The number of aromatic nitrogens is 1. The smallest absolute Gasteiger partial charge is 0.0541 e. The van der Waals surface area contributed by atoms with Crippen molar-refractivity contribution in [3.8, 4) is 39.1 Å². The van der Waals surface area contributed by atoms with E-state index in [2.05, 4.69) is 299 Å². The van der Waals surface area contributed by atoms with Crippen molar-refractivity contribution in [2.45, 2.75) is 105 Å². The molecule has 0 bridgehead atoms. The van der Waals surface area contributed by atoms with Crippen LogP contribution in [0, 0.1) is 0 Å². The number of nitrogens with zero attached hydrogens (tertiary/aromatic N) is 2. The van der Waals surface area contributed by atoms with Gasteiger partial charge in [0.1, 0.15) is 0 Å². The number of hydrogen-bond donors (Lipinski definition) is 0. The van der Waals surface area contributed by atoms with Gasteiger partial charge in [-0.2, -0.15) is 0 Å². The number of hydrogen-bond acceptors (Lipinski definition) is 1. The molecule has 12 rings (SSSR count). The molecule has 0 aliphatic heterocycles. The van der Waals surface area contributed by atoms with Crippen molar-refractivity contribution in [2.75, 3.05) is 4.90 Å². The molecule has 0 aliphatic rings. The average Bonchev–Trinajstić information content (AvgIpc) is 3.79. The van der Waals surface area contributed by atoms with Crippen molar-refractivity contribution in [1.82, 2.24) is 4.57 Å². The van der Waals surface area contributed by atoms with E-state index >= 15 is 0 Å². The highest BCUT2D eigenvalue weighted by atomic mass is 15.1. The van der Waals surface area contributed by atoms with Crippen molar-refractivity contribution in [3.05, 3.63) is 229 Å². The molecule has 0 unspecified atom stereocenters. The van der Waals surface area contributed by atoms with Gasteiger partial charge in [0.15, 0.2) is 0 Å². The van der Waals surface area contributed by atoms with Gasteiger partial charge >= 0.3 is 0 Å². The molecule has 376 valence electrons. The van der Waals surface area contributed by atoms with Crippen LogP contribution in [0.5, 0.6) is 0 Å². The fraction of sp³-hybridized carbons (Fsp3) is 0.216. The van der Waals surface area contributed by atoms with Crippen LogP contribution in [0.2, 0.25) is 0 Å². The Hall–Kier alpha value is -7.94. The summed E-state index contributed by atoms with van der Waals surface area (Å²) in [4.78, 5) is 2.52. The summed E-state index contributed by atoms with van der Waals surface area (Å²) in [5.74, 6) is 0. The van der Waals surface area contributed by atoms with Gasteiger partial charge in [-0.25, -0.2) is 0 Å². The molecule has 0 fully saturated rings. The number of fused-ring (bicyclic) bond motifs is 3. The Morgan fingerprint density at radius 1 is 0.289 bits per heavy atom. The minimum absolute atomic E-state index is 0.00878. The van der Waals surface area contributed by atoms with Crippen molar-refractivity contribution in [2.24, 2.45) is 0 Å². The quantitative estimate of drug-likeness (QED) is 0.145. The maximum Gasteiger partial charge on any atom is 0.0541 e. The predicted octanol–water partition coefficient (Wildman–Crippen LogP) is 21.3. The minimum atomic E-state index is 0.00878. The highest BCUT2D eigenvalue weighted by Crippen LogP contribution is 2.48. The molecule has 12 aromatic rings. The molecule has 2 nitrogen and oxygen atoms in total. The molecule has 1 aromatic heterocycles. The summed E-state index contributed by atoms with van der Waals surface area (Å²) < 4.78 is 2.47. The lowest BCUT2D eigenvalue weighted by molar-refractivity contribution is 0.569. The first-order valence-corrected chi connectivity index (χ1v) is 27.3. The third kappa shape index (κ3) is 8.62. The summed E-state index contributed by atoms with van der Waals surface area (Å²) in [5, 5.41) is 10.0. The largest absolute Gasteiger partial charge is 0.310 e. The predicted molar refractivity (Wildman–Crippen MR) is 330 cm³/mol. The Bertz CT molecular complexity index is 3990. The van der Waals surface area contributed by atoms with Gasteiger partial charge in [-0.15, -0.1) is 0 Å². The van der Waals surface area contributed by atoms with E-state index in [1.165, 1.54) is 115 Å². The van der Waals surface area contributed by atoms with Crippen LogP contribution in [-0.2, 0) is 21.7 Å². The van der Waals surface area contributed by atoms with Crippen molar-refractivity contribution >= 4 is 71.2 Å². The highest BCUT2D eigenvalue weighted by Gasteiger charge is 2.25. The lowest BCUT2D eigenvalue weighted by atomic mass is 9.79. The van der Waals surface area contributed by atoms with Crippen LogP contribution in [0.15, 0.2) is 206 Å². The van der Waals surface area contributed by atoms with Crippen LogP contribution in [0.4, 0.5) is 17.1 Å². The second-order valence-electron chi connectivity index (χ2n) is 25.6. The lowest BCUT2D eigenvalue weighted by Crippen LogP contribution is -2.16. The Morgan fingerprint density at radius 3 is 1.18 bits per heavy atom. The summed E-state index contributed by atoms with van der Waals surface area (Å²) >= 11 is 0. The van der Waals surface area contributed by atoms with Gasteiger partial charge in [0, 0.05) is 32.9 Å². The summed E-state index contributed by atoms with van der Waals surface area (Å²) in [5.41, 5.74) is 19.6. The number of anilines is 3. The van der Waals surface area contributed by atoms with E-state index in [0.717, 1.165) is 17.1 Å². The van der Waals surface area contributed by atoms with Gasteiger partial charge < -0.3 is 9.47 Å². The summed E-state index contributed by atoms with van der Waals surface area (Å²) in [6, 6.07) is 78.7. The van der Waals surface area contributed by atoms with Gasteiger partial charge in [-0.05, 0) is 153 Å². The van der Waals surface area contributed by atoms with E-state index in [1.54, 1.807) is 0 Å². The standard InChI is InChI=1S/C74H70N2/c1-71(2,3)55-31-21-47(22-32-55)52-41-53(48-23-33-56(34-24-48)72(4,5)6)45-60(44-52)75(59-35-25-49(26-36-59)54-42-57(73(7,8)9)46-58(43-54)74(10,11)12)67-39-29-50-28-38-64-68(40-30-51-27-37-63(67)69(50)70(51)64)76-65-19-15-13-17-61(65)62-18-14-16-20-66(62)76/h13-46H,1-12H3. The van der Waals surface area contributed by atoms with Gasteiger partial charge in [0.2, 0.25) is 0 Å². The van der Waals surface area contributed by atoms with E-state index in [1.807, 2.05) is 0 Å². The van der Waals surface area contributed by atoms with Crippen molar-refractivity contribution in [1.29, 1.82) is 0 Å². The first kappa shape index (κ1) is 49.0. The Balaban J connectivity index is 1.11. The molecule has 1 heterocycles. The summed E-state index contributed by atoms with van der Waals surface area (Å²) in [6.45, 7) is 27.7. The second kappa shape index (κ2) is 17.8. The molecule has 76 heavy (non-hydrogen) atoms. The van der Waals surface area contributed by atoms with Crippen LogP contribution >= 0.6 is 0 Å². The normalized spacial score (nSPS) is 12.7. The van der Waals surface area contributed by atoms with Crippen LogP contribution in [0.25, 0.3) is 93.2 Å². The van der Waals surface area contributed by atoms with Gasteiger partial charge in [0.25, 0.3) is 0 Å². The zero-order chi connectivity index (χ0) is 53.1. The molecular weight excluding hydrogens is 917 g/mol. The van der Waals surface area contributed by atoms with Crippen LogP contribution in [-0.4, -0.2) is 4.57 Å². The fourth-order valence-electron chi connectivity index (χ4n) is 11.6.